The van der Waals surface area contributed by atoms with Gasteiger partial charge in [-0.2, -0.15) is 0 Å². The molecule has 1 saturated heterocycles. The summed E-state index contributed by atoms with van der Waals surface area (Å²) in [5.74, 6) is 0.845. The van der Waals surface area contributed by atoms with Crippen molar-refractivity contribution in [3.63, 3.8) is 0 Å². The molecule has 0 aliphatic carbocycles. The highest BCUT2D eigenvalue weighted by molar-refractivity contribution is 6.29. The molecule has 1 fully saturated rings. The van der Waals surface area contributed by atoms with E-state index in [9.17, 15) is 0 Å². The number of ether oxygens (including phenoxy) is 1. The number of nitrogens with zero attached hydrogens (tertiary/aromatic N) is 3. The van der Waals surface area contributed by atoms with Gasteiger partial charge in [0.15, 0.2) is 0 Å². The first-order chi connectivity index (χ1) is 7.18. The standard InChI is InChI=1S/C10H14ClN3O/c1-7-8(3-4-15-7)14(2)10-5-9(11)12-6-13-10/h5-8H,3-4H2,1-2H3. The van der Waals surface area contributed by atoms with Crippen LogP contribution in [0.4, 0.5) is 5.82 Å². The lowest BCUT2D eigenvalue weighted by atomic mass is 10.1. The summed E-state index contributed by atoms with van der Waals surface area (Å²) in [4.78, 5) is 10.2. The van der Waals surface area contributed by atoms with Crippen LogP contribution in [0.3, 0.4) is 0 Å². The number of aromatic nitrogens is 2. The van der Waals surface area contributed by atoms with Gasteiger partial charge in [0.25, 0.3) is 0 Å². The number of hydrogen-bond donors (Lipinski definition) is 0. The van der Waals surface area contributed by atoms with Crippen molar-refractivity contribution in [1.82, 2.24) is 9.97 Å². The van der Waals surface area contributed by atoms with E-state index in [1.54, 1.807) is 6.07 Å². The van der Waals surface area contributed by atoms with Crippen LogP contribution < -0.4 is 4.90 Å². The molecule has 1 aromatic heterocycles. The fourth-order valence-electron chi connectivity index (χ4n) is 1.92. The van der Waals surface area contributed by atoms with E-state index in [2.05, 4.69) is 21.8 Å². The van der Waals surface area contributed by atoms with Crippen LogP contribution in [-0.2, 0) is 4.74 Å². The lowest BCUT2D eigenvalue weighted by Crippen LogP contribution is -2.37. The Balaban J connectivity index is 2.16. The fourth-order valence-corrected chi connectivity index (χ4v) is 2.06. The van der Waals surface area contributed by atoms with Crippen LogP contribution in [-0.4, -0.2) is 35.8 Å². The maximum atomic E-state index is 5.82. The maximum Gasteiger partial charge on any atom is 0.134 e. The topological polar surface area (TPSA) is 38.2 Å². The van der Waals surface area contributed by atoms with Gasteiger partial charge in [0.1, 0.15) is 17.3 Å². The third kappa shape index (κ3) is 2.21. The highest BCUT2D eigenvalue weighted by Crippen LogP contribution is 2.23. The fraction of sp³-hybridized carbons (Fsp3) is 0.600. The number of likely N-dealkylation sites (N-methyl/N-ethyl adjacent to an activating group) is 1. The number of rotatable bonds is 2. The summed E-state index contributed by atoms with van der Waals surface area (Å²) < 4.78 is 5.52. The Hall–Kier alpha value is -0.870. The zero-order valence-corrected chi connectivity index (χ0v) is 9.61. The first kappa shape index (κ1) is 10.6. The zero-order chi connectivity index (χ0) is 10.8. The molecule has 15 heavy (non-hydrogen) atoms. The van der Waals surface area contributed by atoms with E-state index in [0.717, 1.165) is 18.8 Å². The number of hydrogen-bond acceptors (Lipinski definition) is 4. The minimum atomic E-state index is 0.240. The van der Waals surface area contributed by atoms with Crippen LogP contribution >= 0.6 is 11.6 Å². The molecule has 1 aromatic rings. The summed E-state index contributed by atoms with van der Waals surface area (Å²) in [7, 11) is 2.01. The SMILES string of the molecule is CC1OCCC1N(C)c1cc(Cl)ncn1. The van der Waals surface area contributed by atoms with Gasteiger partial charge in [-0.05, 0) is 13.3 Å². The zero-order valence-electron chi connectivity index (χ0n) is 8.85. The summed E-state index contributed by atoms with van der Waals surface area (Å²) >= 11 is 5.82. The van der Waals surface area contributed by atoms with Gasteiger partial charge in [-0.25, -0.2) is 9.97 Å². The molecular formula is C10H14ClN3O. The lowest BCUT2D eigenvalue weighted by Gasteiger charge is -2.27. The second-order valence-corrected chi connectivity index (χ2v) is 4.13. The molecule has 1 aliphatic heterocycles. The number of anilines is 1. The van der Waals surface area contributed by atoms with Gasteiger partial charge in [0.2, 0.25) is 0 Å². The van der Waals surface area contributed by atoms with Gasteiger partial charge in [-0.3, -0.25) is 0 Å². The smallest absolute Gasteiger partial charge is 0.134 e. The summed E-state index contributed by atoms with van der Waals surface area (Å²) in [6, 6.07) is 2.14. The molecule has 0 N–H and O–H groups in total. The third-order valence-corrected chi connectivity index (χ3v) is 3.02. The predicted octanol–water partition coefficient (Wildman–Crippen LogP) is 1.74. The Morgan fingerprint density at radius 3 is 2.93 bits per heavy atom. The van der Waals surface area contributed by atoms with Gasteiger partial charge in [-0.1, -0.05) is 11.6 Å². The molecule has 2 rings (SSSR count). The molecule has 5 heteroatoms. The summed E-state index contributed by atoms with van der Waals surface area (Å²) in [6.45, 7) is 2.89. The third-order valence-electron chi connectivity index (χ3n) is 2.81. The molecule has 4 nitrogen and oxygen atoms in total. The Bertz CT molecular complexity index is 347. The molecule has 0 radical (unpaired) electrons. The molecule has 0 spiro atoms. The Kier molecular flexibility index (Phi) is 3.07. The first-order valence-electron chi connectivity index (χ1n) is 5.00. The molecule has 2 unspecified atom stereocenters. The monoisotopic (exact) mass is 227 g/mol. The Morgan fingerprint density at radius 2 is 2.33 bits per heavy atom. The largest absolute Gasteiger partial charge is 0.376 e. The van der Waals surface area contributed by atoms with E-state index >= 15 is 0 Å². The van der Waals surface area contributed by atoms with Crippen molar-refractivity contribution in [3.05, 3.63) is 17.5 Å². The molecule has 2 heterocycles. The van der Waals surface area contributed by atoms with Crippen LogP contribution in [0.15, 0.2) is 12.4 Å². The molecule has 0 saturated carbocycles. The van der Waals surface area contributed by atoms with E-state index in [1.165, 1.54) is 6.33 Å². The molecule has 1 aliphatic rings. The average Bonchev–Trinajstić information content (AvgIpc) is 2.63. The summed E-state index contributed by atoms with van der Waals surface area (Å²) in [5, 5.41) is 0.471. The summed E-state index contributed by atoms with van der Waals surface area (Å²) in [6.07, 6.45) is 2.75. The molecule has 0 amide bonds. The van der Waals surface area contributed by atoms with Crippen molar-refractivity contribution in [2.24, 2.45) is 0 Å². The Labute approximate surface area is 94.2 Å². The minimum Gasteiger partial charge on any atom is -0.376 e. The van der Waals surface area contributed by atoms with Gasteiger partial charge in [-0.15, -0.1) is 0 Å². The van der Waals surface area contributed by atoms with Crippen molar-refractivity contribution in [1.29, 1.82) is 0 Å². The second kappa shape index (κ2) is 4.33. The van der Waals surface area contributed by atoms with Gasteiger partial charge in [0, 0.05) is 19.7 Å². The van der Waals surface area contributed by atoms with Crippen LogP contribution in [0, 0.1) is 0 Å². The highest BCUT2D eigenvalue weighted by atomic mass is 35.5. The highest BCUT2D eigenvalue weighted by Gasteiger charge is 2.28. The van der Waals surface area contributed by atoms with Gasteiger partial charge < -0.3 is 9.64 Å². The van der Waals surface area contributed by atoms with Crippen molar-refractivity contribution in [3.8, 4) is 0 Å². The van der Waals surface area contributed by atoms with Crippen LogP contribution in [0.25, 0.3) is 0 Å². The van der Waals surface area contributed by atoms with Crippen molar-refractivity contribution < 1.29 is 4.74 Å². The van der Waals surface area contributed by atoms with E-state index in [-0.39, 0.29) is 6.10 Å². The van der Waals surface area contributed by atoms with Gasteiger partial charge >= 0.3 is 0 Å². The van der Waals surface area contributed by atoms with Crippen molar-refractivity contribution >= 4 is 17.4 Å². The van der Waals surface area contributed by atoms with Crippen LogP contribution in [0.2, 0.25) is 5.15 Å². The van der Waals surface area contributed by atoms with Crippen molar-refractivity contribution in [2.75, 3.05) is 18.6 Å². The normalized spacial score (nSPS) is 25.5. The quantitative estimate of drug-likeness (QED) is 0.722. The van der Waals surface area contributed by atoms with Crippen LogP contribution in [0.1, 0.15) is 13.3 Å². The maximum absolute atomic E-state index is 5.82. The van der Waals surface area contributed by atoms with Crippen molar-refractivity contribution in [2.45, 2.75) is 25.5 Å². The van der Waals surface area contributed by atoms with Gasteiger partial charge in [0.05, 0.1) is 12.1 Å². The average molecular weight is 228 g/mol. The van der Waals surface area contributed by atoms with E-state index in [1.807, 2.05) is 7.05 Å². The molecule has 0 bridgehead atoms. The number of halogens is 1. The molecular weight excluding hydrogens is 214 g/mol. The second-order valence-electron chi connectivity index (χ2n) is 3.74. The molecule has 0 aromatic carbocycles. The minimum absolute atomic E-state index is 0.240. The van der Waals surface area contributed by atoms with E-state index in [0.29, 0.717) is 11.2 Å². The van der Waals surface area contributed by atoms with E-state index < -0.39 is 0 Å². The summed E-state index contributed by atoms with van der Waals surface area (Å²) in [5.41, 5.74) is 0. The molecule has 2 atom stereocenters. The van der Waals surface area contributed by atoms with E-state index in [4.69, 9.17) is 16.3 Å². The predicted molar refractivity (Wildman–Crippen MR) is 59.3 cm³/mol. The van der Waals surface area contributed by atoms with Crippen LogP contribution in [0.5, 0.6) is 0 Å². The lowest BCUT2D eigenvalue weighted by molar-refractivity contribution is 0.118. The Morgan fingerprint density at radius 1 is 1.53 bits per heavy atom. The molecule has 82 valence electrons. The first-order valence-corrected chi connectivity index (χ1v) is 5.38.